The fraction of sp³-hybridized carbons (Fsp3) is 0.250. The monoisotopic (exact) mass is 446 g/mol. The Kier molecular flexibility index (Phi) is 6.23. The van der Waals surface area contributed by atoms with Crippen LogP contribution in [0.3, 0.4) is 0 Å². The van der Waals surface area contributed by atoms with Gasteiger partial charge in [0.2, 0.25) is 0 Å². The minimum atomic E-state index is -0.353. The van der Waals surface area contributed by atoms with Gasteiger partial charge in [-0.05, 0) is 61.4 Å². The minimum absolute atomic E-state index is 0.130. The Morgan fingerprint density at radius 2 is 2.00 bits per heavy atom. The summed E-state index contributed by atoms with van der Waals surface area (Å²) >= 11 is 0. The van der Waals surface area contributed by atoms with Crippen molar-refractivity contribution in [3.8, 4) is 5.75 Å². The van der Waals surface area contributed by atoms with Crippen LogP contribution in [0, 0.1) is 6.92 Å². The molecule has 4 rings (SSSR count). The zero-order valence-electron chi connectivity index (χ0n) is 18.8. The van der Waals surface area contributed by atoms with Gasteiger partial charge in [-0.3, -0.25) is 15.0 Å². The highest BCUT2D eigenvalue weighted by atomic mass is 16.5. The lowest BCUT2D eigenvalue weighted by atomic mass is 10.1. The first-order valence-electron chi connectivity index (χ1n) is 10.7. The van der Waals surface area contributed by atoms with Crippen molar-refractivity contribution in [3.63, 3.8) is 0 Å². The number of nitrogen functional groups attached to an aromatic ring is 1. The van der Waals surface area contributed by atoms with Crippen molar-refractivity contribution in [2.75, 3.05) is 30.0 Å². The number of nitrogens with one attached hydrogen (secondary N) is 1. The molecule has 2 amide bonds. The van der Waals surface area contributed by atoms with Gasteiger partial charge in [0.1, 0.15) is 11.6 Å². The van der Waals surface area contributed by atoms with E-state index in [-0.39, 0.29) is 11.8 Å². The predicted octanol–water partition coefficient (Wildman–Crippen LogP) is 2.76. The van der Waals surface area contributed by atoms with Gasteiger partial charge < -0.3 is 14.5 Å². The number of nitrogens with two attached hydrogens (primary N) is 1. The molecule has 1 aromatic carbocycles. The molecule has 0 fully saturated rings. The molecule has 0 unspecified atom stereocenters. The van der Waals surface area contributed by atoms with E-state index in [0.29, 0.717) is 48.1 Å². The molecular weight excluding hydrogens is 420 g/mol. The van der Waals surface area contributed by atoms with Gasteiger partial charge in [-0.1, -0.05) is 0 Å². The van der Waals surface area contributed by atoms with Crippen molar-refractivity contribution < 1.29 is 14.3 Å². The number of nitrogens with zero attached hydrogens (tertiary/aromatic N) is 4. The van der Waals surface area contributed by atoms with Crippen molar-refractivity contribution in [2.45, 2.75) is 20.3 Å². The third-order valence-electron chi connectivity index (χ3n) is 5.63. The molecule has 0 saturated heterocycles. The third-order valence-corrected chi connectivity index (χ3v) is 5.63. The molecule has 3 heterocycles. The molecule has 0 spiro atoms. The number of fused-ring (bicyclic) bond motifs is 2. The van der Waals surface area contributed by atoms with E-state index in [1.807, 2.05) is 36.9 Å². The van der Waals surface area contributed by atoms with Gasteiger partial charge in [0, 0.05) is 38.0 Å². The number of carbonyl (C=O) groups is 2. The fourth-order valence-electron chi connectivity index (χ4n) is 3.87. The summed E-state index contributed by atoms with van der Waals surface area (Å²) < 4.78 is 5.91. The second-order valence-corrected chi connectivity index (χ2v) is 7.72. The molecule has 2 aromatic heterocycles. The quantitative estimate of drug-likeness (QED) is 0.340. The number of pyridine rings is 2. The zero-order chi connectivity index (χ0) is 23.5. The van der Waals surface area contributed by atoms with Gasteiger partial charge in [-0.15, -0.1) is 0 Å². The lowest BCUT2D eigenvalue weighted by molar-refractivity contribution is 0.0952. The van der Waals surface area contributed by atoms with E-state index >= 15 is 0 Å². The Morgan fingerprint density at radius 3 is 2.73 bits per heavy atom. The van der Waals surface area contributed by atoms with Crippen LogP contribution in [0.2, 0.25) is 0 Å². The first kappa shape index (κ1) is 22.2. The maximum absolute atomic E-state index is 13.2. The fourth-order valence-corrected chi connectivity index (χ4v) is 3.87. The largest absolute Gasteiger partial charge is 0.493 e. The predicted molar refractivity (Wildman–Crippen MR) is 126 cm³/mol. The molecule has 3 N–H and O–H groups in total. The number of ether oxygens (including phenoxy) is 1. The number of aryl methyl sites for hydroxylation is 1. The number of hydrazine groups is 1. The average Bonchev–Trinajstić information content (AvgIpc) is 2.92. The van der Waals surface area contributed by atoms with Gasteiger partial charge in [-0.2, -0.15) is 0 Å². The molecule has 0 bridgehead atoms. The Morgan fingerprint density at radius 1 is 1.18 bits per heavy atom. The number of rotatable bonds is 6. The standard InChI is InChI=1S/C24H26N6O3/c1-4-30-21-18(24(32)29(3)19-6-5-10-26-22(19)30)13-16(14-27-21)9-11-33-20-8-7-17(12-15(20)2)23(31)28-25/h5-8,10,12-14H,4,9,11,25H2,1-3H3,(H,28,31). The normalized spacial score (nSPS) is 12.7. The maximum Gasteiger partial charge on any atom is 0.265 e. The number of carbonyl (C=O) groups excluding carboxylic acids is 2. The van der Waals surface area contributed by atoms with E-state index < -0.39 is 0 Å². The number of anilines is 3. The summed E-state index contributed by atoms with van der Waals surface area (Å²) in [5.41, 5.74) is 5.58. The molecule has 1 aliphatic heterocycles. The molecule has 33 heavy (non-hydrogen) atoms. The first-order valence-corrected chi connectivity index (χ1v) is 10.7. The Labute approximate surface area is 192 Å². The van der Waals surface area contributed by atoms with Crippen molar-refractivity contribution in [3.05, 3.63) is 71.0 Å². The van der Waals surface area contributed by atoms with E-state index in [1.54, 1.807) is 42.5 Å². The summed E-state index contributed by atoms with van der Waals surface area (Å²) in [6, 6.07) is 10.7. The SMILES string of the molecule is CCN1c2ncc(CCOc3ccc(C(=O)NN)cc3C)cc2C(=O)N(C)c2cccnc21. The summed E-state index contributed by atoms with van der Waals surface area (Å²) in [7, 11) is 1.75. The van der Waals surface area contributed by atoms with Crippen LogP contribution in [0.1, 0.15) is 38.8 Å². The topological polar surface area (TPSA) is 114 Å². The average molecular weight is 447 g/mol. The van der Waals surface area contributed by atoms with E-state index in [9.17, 15) is 9.59 Å². The van der Waals surface area contributed by atoms with E-state index in [4.69, 9.17) is 10.6 Å². The van der Waals surface area contributed by atoms with Crippen molar-refractivity contribution >= 4 is 29.1 Å². The summed E-state index contributed by atoms with van der Waals surface area (Å²) in [5, 5.41) is 0. The van der Waals surface area contributed by atoms with Crippen LogP contribution < -0.4 is 25.8 Å². The summed E-state index contributed by atoms with van der Waals surface area (Å²) in [5.74, 6) is 6.69. The molecule has 1 aliphatic rings. The molecular formula is C24H26N6O3. The molecule has 0 saturated carbocycles. The van der Waals surface area contributed by atoms with Crippen LogP contribution in [0.25, 0.3) is 0 Å². The highest BCUT2D eigenvalue weighted by Gasteiger charge is 2.30. The second kappa shape index (κ2) is 9.25. The lowest BCUT2D eigenvalue weighted by Gasteiger charge is -2.22. The van der Waals surface area contributed by atoms with Crippen molar-refractivity contribution in [2.24, 2.45) is 5.84 Å². The third kappa shape index (κ3) is 4.22. The van der Waals surface area contributed by atoms with Gasteiger partial charge >= 0.3 is 0 Å². The van der Waals surface area contributed by atoms with Crippen molar-refractivity contribution in [1.82, 2.24) is 15.4 Å². The van der Waals surface area contributed by atoms with Gasteiger partial charge in [0.15, 0.2) is 5.82 Å². The van der Waals surface area contributed by atoms with Crippen LogP contribution in [-0.4, -0.2) is 42.0 Å². The number of amides is 2. The lowest BCUT2D eigenvalue weighted by Crippen LogP contribution is -2.29. The van der Waals surface area contributed by atoms with Gasteiger partial charge in [-0.25, -0.2) is 15.8 Å². The van der Waals surface area contributed by atoms with Crippen LogP contribution in [0.15, 0.2) is 48.8 Å². The Bertz CT molecular complexity index is 1210. The highest BCUT2D eigenvalue weighted by molar-refractivity contribution is 6.12. The number of benzene rings is 1. The number of hydrogen-bond donors (Lipinski definition) is 2. The molecule has 0 radical (unpaired) electrons. The highest BCUT2D eigenvalue weighted by Crippen LogP contribution is 2.37. The molecule has 9 heteroatoms. The van der Waals surface area contributed by atoms with E-state index in [1.165, 1.54) is 0 Å². The van der Waals surface area contributed by atoms with Crippen molar-refractivity contribution in [1.29, 1.82) is 0 Å². The number of hydrogen-bond acceptors (Lipinski definition) is 7. The molecule has 0 aliphatic carbocycles. The molecule has 170 valence electrons. The molecule has 0 atom stereocenters. The van der Waals surface area contributed by atoms with E-state index in [2.05, 4.69) is 15.4 Å². The summed E-state index contributed by atoms with van der Waals surface area (Å²) in [6.45, 7) is 4.90. The Balaban J connectivity index is 1.53. The second-order valence-electron chi connectivity index (χ2n) is 7.72. The smallest absolute Gasteiger partial charge is 0.265 e. The van der Waals surface area contributed by atoms with Gasteiger partial charge in [0.25, 0.3) is 11.8 Å². The summed E-state index contributed by atoms with van der Waals surface area (Å²) in [6.07, 6.45) is 4.06. The summed E-state index contributed by atoms with van der Waals surface area (Å²) in [4.78, 5) is 37.6. The van der Waals surface area contributed by atoms with Crippen LogP contribution in [0.4, 0.5) is 17.3 Å². The van der Waals surface area contributed by atoms with Gasteiger partial charge in [0.05, 0.1) is 17.9 Å². The van der Waals surface area contributed by atoms with Crippen LogP contribution >= 0.6 is 0 Å². The Hall–Kier alpha value is -3.98. The zero-order valence-corrected chi connectivity index (χ0v) is 18.8. The van der Waals surface area contributed by atoms with Crippen LogP contribution in [0.5, 0.6) is 5.75 Å². The minimum Gasteiger partial charge on any atom is -0.493 e. The number of aromatic nitrogens is 2. The molecule has 9 nitrogen and oxygen atoms in total. The van der Waals surface area contributed by atoms with Crippen LogP contribution in [-0.2, 0) is 6.42 Å². The first-order chi connectivity index (χ1) is 15.9. The maximum atomic E-state index is 13.2. The van der Waals surface area contributed by atoms with E-state index in [0.717, 1.165) is 16.8 Å². The molecule has 3 aromatic rings.